The molecule has 0 bridgehead atoms. The van der Waals surface area contributed by atoms with E-state index in [0.717, 1.165) is 55.6 Å². The number of nitrogens with one attached hydrogen (secondary N) is 1. The van der Waals surface area contributed by atoms with Crippen LogP contribution in [0.4, 0.5) is 0 Å². The van der Waals surface area contributed by atoms with Crippen LogP contribution in [-0.2, 0) is 5.41 Å². The molecule has 0 radical (unpaired) electrons. The van der Waals surface area contributed by atoms with Crippen LogP contribution in [0.2, 0.25) is 0 Å². The van der Waals surface area contributed by atoms with Crippen molar-refractivity contribution in [2.45, 2.75) is 11.6 Å². The molecule has 4 nitrogen and oxygen atoms in total. The predicted octanol–water partition coefficient (Wildman–Crippen LogP) is 12.1. The first-order valence-corrected chi connectivity index (χ1v) is 19.2. The second kappa shape index (κ2) is 11.8. The summed E-state index contributed by atoms with van der Waals surface area (Å²) in [5, 5.41) is 5.75. The Kier molecular flexibility index (Phi) is 6.58. The summed E-state index contributed by atoms with van der Waals surface area (Å²) in [4.78, 5) is 10.1. The van der Waals surface area contributed by atoms with Crippen molar-refractivity contribution >= 4 is 33.6 Å². The predicted molar refractivity (Wildman–Crippen MR) is 227 cm³/mol. The van der Waals surface area contributed by atoms with Crippen LogP contribution in [0.3, 0.4) is 0 Å². The zero-order valence-corrected chi connectivity index (χ0v) is 30.3. The van der Waals surface area contributed by atoms with E-state index in [1.165, 1.54) is 44.5 Å². The second-order valence-electron chi connectivity index (χ2n) is 14.9. The molecule has 1 aliphatic heterocycles. The molecule has 2 heterocycles. The van der Waals surface area contributed by atoms with Crippen molar-refractivity contribution in [2.24, 2.45) is 9.98 Å². The van der Waals surface area contributed by atoms with Crippen LogP contribution < -0.4 is 5.32 Å². The highest BCUT2D eigenvalue weighted by Gasteiger charge is 2.51. The smallest absolute Gasteiger partial charge is 0.159 e. The molecule has 0 saturated carbocycles. The third kappa shape index (κ3) is 4.35. The number of aliphatic imine (C=N–C) groups is 2. The van der Waals surface area contributed by atoms with Crippen molar-refractivity contribution in [2.75, 3.05) is 0 Å². The SMILES string of the molecule is c1ccc(C2=NC(c3ccccc3)NC(c3ccc4oc5c(-c6ccc7c(c6)C6(c8ccccc8-c8ccccc86)c6ccccc6-7)cccc5c4c3)=N2)cc1. The first kappa shape index (κ1) is 31.1. The highest BCUT2D eigenvalue weighted by atomic mass is 16.3. The molecule has 0 amide bonds. The molecule has 1 aromatic heterocycles. The van der Waals surface area contributed by atoms with E-state index in [2.05, 4.69) is 157 Å². The second-order valence-corrected chi connectivity index (χ2v) is 14.9. The molecule has 9 aromatic rings. The Balaban J connectivity index is 1.01. The van der Waals surface area contributed by atoms with E-state index < -0.39 is 5.41 Å². The number of fused-ring (bicyclic) bond motifs is 13. The number of hydrogen-bond acceptors (Lipinski definition) is 4. The molecule has 2 aliphatic carbocycles. The summed E-state index contributed by atoms with van der Waals surface area (Å²) in [5.41, 5.74) is 17.1. The highest BCUT2D eigenvalue weighted by Crippen LogP contribution is 2.63. The molecule has 1 atom stereocenters. The van der Waals surface area contributed by atoms with Crippen LogP contribution in [0.1, 0.15) is 45.1 Å². The van der Waals surface area contributed by atoms with E-state index in [1.54, 1.807) is 0 Å². The van der Waals surface area contributed by atoms with Gasteiger partial charge in [-0.3, -0.25) is 0 Å². The maximum atomic E-state index is 6.79. The van der Waals surface area contributed by atoms with Gasteiger partial charge in [-0.25, -0.2) is 9.98 Å². The quantitative estimate of drug-likeness (QED) is 0.197. The molecule has 0 saturated heterocycles. The highest BCUT2D eigenvalue weighted by molar-refractivity contribution is 6.16. The van der Waals surface area contributed by atoms with Crippen LogP contribution in [0, 0.1) is 0 Å². The summed E-state index contributed by atoms with van der Waals surface area (Å²) in [6.45, 7) is 0. The molecular weight excluding hydrogens is 683 g/mol. The minimum atomic E-state index is -0.404. The molecule has 8 aromatic carbocycles. The summed E-state index contributed by atoms with van der Waals surface area (Å²) >= 11 is 0. The first-order chi connectivity index (χ1) is 27.8. The van der Waals surface area contributed by atoms with Crippen LogP contribution in [-0.4, -0.2) is 11.7 Å². The van der Waals surface area contributed by atoms with Crippen LogP contribution >= 0.6 is 0 Å². The number of furan rings is 1. The number of para-hydroxylation sites is 1. The Hall–Kier alpha value is -7.30. The van der Waals surface area contributed by atoms with Gasteiger partial charge in [-0.2, -0.15) is 0 Å². The zero-order chi connectivity index (χ0) is 36.8. The Labute approximate surface area is 324 Å². The summed E-state index contributed by atoms with van der Waals surface area (Å²) in [6, 6.07) is 67.3. The minimum Gasteiger partial charge on any atom is -0.455 e. The largest absolute Gasteiger partial charge is 0.455 e. The standard InChI is InChI=1S/C52H33N3O/c1-3-14-32(15-4-1)49-53-50(33-16-5-2-6-17-33)55-51(54-49)35-27-29-47-42(30-35)41-22-13-21-36(48(41)56-47)34-26-28-40-39-20-9-12-25-45(39)52(46(40)31-34)43-23-10-7-18-37(43)38-19-8-11-24-44(38)52/h1-31,49H,(H,53,54,55). The lowest BCUT2D eigenvalue weighted by Crippen LogP contribution is -2.33. The normalized spacial score (nSPS) is 15.8. The Morgan fingerprint density at radius 3 is 1.73 bits per heavy atom. The lowest BCUT2D eigenvalue weighted by Gasteiger charge is -2.30. The summed E-state index contributed by atoms with van der Waals surface area (Å²) in [6.07, 6.45) is -0.268. The van der Waals surface area contributed by atoms with Crippen molar-refractivity contribution in [3.05, 3.63) is 227 Å². The van der Waals surface area contributed by atoms with Gasteiger partial charge in [0.1, 0.15) is 23.2 Å². The van der Waals surface area contributed by atoms with Gasteiger partial charge in [0.2, 0.25) is 0 Å². The van der Waals surface area contributed by atoms with Gasteiger partial charge in [-0.15, -0.1) is 0 Å². The van der Waals surface area contributed by atoms with Crippen LogP contribution in [0.5, 0.6) is 0 Å². The fourth-order valence-corrected chi connectivity index (χ4v) is 9.55. The van der Waals surface area contributed by atoms with Gasteiger partial charge >= 0.3 is 0 Å². The molecule has 56 heavy (non-hydrogen) atoms. The fourth-order valence-electron chi connectivity index (χ4n) is 9.55. The van der Waals surface area contributed by atoms with Crippen molar-refractivity contribution in [3.63, 3.8) is 0 Å². The molecule has 1 N–H and O–H groups in total. The number of hydrogen-bond donors (Lipinski definition) is 1. The molecule has 3 aliphatic rings. The van der Waals surface area contributed by atoms with Crippen molar-refractivity contribution in [3.8, 4) is 33.4 Å². The molecule has 1 spiro atoms. The van der Waals surface area contributed by atoms with Gasteiger partial charge in [0.25, 0.3) is 0 Å². The van der Waals surface area contributed by atoms with Gasteiger partial charge in [0.15, 0.2) is 5.84 Å². The lowest BCUT2D eigenvalue weighted by atomic mass is 9.70. The van der Waals surface area contributed by atoms with E-state index in [1.807, 2.05) is 36.4 Å². The topological polar surface area (TPSA) is 49.9 Å². The van der Waals surface area contributed by atoms with E-state index >= 15 is 0 Å². The fraction of sp³-hybridized carbons (Fsp3) is 0.0385. The number of amidine groups is 2. The Bertz CT molecular complexity index is 3060. The van der Waals surface area contributed by atoms with Gasteiger partial charge in [0.05, 0.1) is 5.41 Å². The van der Waals surface area contributed by atoms with Gasteiger partial charge in [-0.05, 0) is 79.9 Å². The number of nitrogens with zero attached hydrogens (tertiary/aromatic N) is 2. The van der Waals surface area contributed by atoms with Crippen molar-refractivity contribution in [1.29, 1.82) is 0 Å². The number of rotatable bonds is 4. The maximum absolute atomic E-state index is 6.79. The van der Waals surface area contributed by atoms with E-state index in [9.17, 15) is 0 Å². The lowest BCUT2D eigenvalue weighted by molar-refractivity contribution is 0.669. The molecule has 12 rings (SSSR count). The third-order valence-electron chi connectivity index (χ3n) is 12.0. The third-order valence-corrected chi connectivity index (χ3v) is 12.0. The summed E-state index contributed by atoms with van der Waals surface area (Å²) in [5.74, 6) is 1.48. The number of benzene rings is 8. The summed E-state index contributed by atoms with van der Waals surface area (Å²) < 4.78 is 6.79. The Morgan fingerprint density at radius 1 is 0.446 bits per heavy atom. The van der Waals surface area contributed by atoms with Gasteiger partial charge < -0.3 is 9.73 Å². The summed E-state index contributed by atoms with van der Waals surface area (Å²) in [7, 11) is 0. The van der Waals surface area contributed by atoms with E-state index in [4.69, 9.17) is 14.4 Å². The zero-order valence-electron chi connectivity index (χ0n) is 30.3. The van der Waals surface area contributed by atoms with Crippen molar-refractivity contribution < 1.29 is 4.42 Å². The Morgan fingerprint density at radius 2 is 1.04 bits per heavy atom. The average molecular weight is 716 g/mol. The van der Waals surface area contributed by atoms with E-state index in [0.29, 0.717) is 5.84 Å². The monoisotopic (exact) mass is 715 g/mol. The molecule has 1 unspecified atom stereocenters. The van der Waals surface area contributed by atoms with Gasteiger partial charge in [-0.1, -0.05) is 164 Å². The average Bonchev–Trinajstić information content (AvgIpc) is 3.90. The van der Waals surface area contributed by atoms with Crippen LogP contribution in [0.15, 0.2) is 202 Å². The van der Waals surface area contributed by atoms with Crippen LogP contribution in [0.25, 0.3) is 55.3 Å². The molecule has 262 valence electrons. The van der Waals surface area contributed by atoms with Crippen molar-refractivity contribution in [1.82, 2.24) is 5.32 Å². The molecular formula is C52H33N3O. The maximum Gasteiger partial charge on any atom is 0.159 e. The van der Waals surface area contributed by atoms with E-state index in [-0.39, 0.29) is 6.17 Å². The first-order valence-electron chi connectivity index (χ1n) is 19.2. The molecule has 0 fully saturated rings. The molecule has 4 heteroatoms. The minimum absolute atomic E-state index is 0.268. The van der Waals surface area contributed by atoms with Gasteiger partial charge in [0, 0.05) is 27.5 Å².